The van der Waals surface area contributed by atoms with Gasteiger partial charge in [0.05, 0.1) is 12.2 Å². The van der Waals surface area contributed by atoms with Crippen molar-refractivity contribution in [2.24, 2.45) is 0 Å². The standard InChI is InChI=1S/C17H15F3O2S/c1-11(21)13-6-7-16(15-5-3-2-4-14(13)15)23-10-12(22)8-9-17(18,19)20/h2-7H,8-10H2,1H3. The summed E-state index contributed by atoms with van der Waals surface area (Å²) < 4.78 is 36.3. The summed E-state index contributed by atoms with van der Waals surface area (Å²) in [4.78, 5) is 24.0. The fourth-order valence-electron chi connectivity index (χ4n) is 2.22. The van der Waals surface area contributed by atoms with Gasteiger partial charge in [-0.05, 0) is 29.8 Å². The van der Waals surface area contributed by atoms with Gasteiger partial charge in [0.2, 0.25) is 0 Å². The maximum absolute atomic E-state index is 12.1. The van der Waals surface area contributed by atoms with Crippen molar-refractivity contribution >= 4 is 34.1 Å². The van der Waals surface area contributed by atoms with E-state index in [0.717, 1.165) is 15.7 Å². The van der Waals surface area contributed by atoms with E-state index in [-0.39, 0.29) is 11.5 Å². The Balaban J connectivity index is 2.14. The topological polar surface area (TPSA) is 34.1 Å². The zero-order valence-electron chi connectivity index (χ0n) is 12.4. The fourth-order valence-corrected chi connectivity index (χ4v) is 3.17. The van der Waals surface area contributed by atoms with E-state index in [9.17, 15) is 22.8 Å². The average molecular weight is 340 g/mol. The lowest BCUT2D eigenvalue weighted by Gasteiger charge is -2.09. The van der Waals surface area contributed by atoms with Crippen molar-refractivity contribution < 1.29 is 22.8 Å². The van der Waals surface area contributed by atoms with E-state index < -0.39 is 24.8 Å². The predicted molar refractivity (Wildman–Crippen MR) is 85.0 cm³/mol. The number of halogens is 3. The van der Waals surface area contributed by atoms with Gasteiger partial charge in [-0.3, -0.25) is 9.59 Å². The van der Waals surface area contributed by atoms with Gasteiger partial charge in [0, 0.05) is 16.9 Å². The minimum atomic E-state index is -4.31. The second-order valence-corrected chi connectivity index (χ2v) is 6.17. The number of carbonyl (C=O) groups is 2. The summed E-state index contributed by atoms with van der Waals surface area (Å²) in [5, 5.41) is 1.61. The van der Waals surface area contributed by atoms with Crippen LogP contribution in [-0.2, 0) is 4.79 Å². The maximum Gasteiger partial charge on any atom is 0.389 e. The molecule has 2 rings (SSSR count). The maximum atomic E-state index is 12.1. The molecule has 0 unspecified atom stereocenters. The summed E-state index contributed by atoms with van der Waals surface area (Å²) in [5.41, 5.74) is 0.591. The molecule has 0 saturated heterocycles. The largest absolute Gasteiger partial charge is 0.389 e. The highest BCUT2D eigenvalue weighted by atomic mass is 32.2. The lowest BCUT2D eigenvalue weighted by atomic mass is 10.0. The molecule has 0 heterocycles. The molecule has 2 nitrogen and oxygen atoms in total. The number of ketones is 2. The number of benzene rings is 2. The zero-order chi connectivity index (χ0) is 17.0. The van der Waals surface area contributed by atoms with Gasteiger partial charge in [-0.15, -0.1) is 11.8 Å². The number of carbonyl (C=O) groups excluding carboxylic acids is 2. The molecule has 0 N–H and O–H groups in total. The lowest BCUT2D eigenvalue weighted by Crippen LogP contribution is -2.11. The highest BCUT2D eigenvalue weighted by Crippen LogP contribution is 2.31. The molecular formula is C17H15F3O2S. The minimum absolute atomic E-state index is 0.0144. The van der Waals surface area contributed by atoms with Crippen molar-refractivity contribution in [3.63, 3.8) is 0 Å². The van der Waals surface area contributed by atoms with Gasteiger partial charge in [0.1, 0.15) is 5.78 Å². The molecule has 2 aromatic carbocycles. The van der Waals surface area contributed by atoms with E-state index >= 15 is 0 Å². The number of rotatable bonds is 6. The Hall–Kier alpha value is -1.82. The zero-order valence-corrected chi connectivity index (χ0v) is 13.3. The predicted octanol–water partition coefficient (Wildman–Crippen LogP) is 5.05. The Morgan fingerprint density at radius 3 is 2.30 bits per heavy atom. The normalized spacial score (nSPS) is 11.7. The third-order valence-electron chi connectivity index (χ3n) is 3.34. The summed E-state index contributed by atoms with van der Waals surface area (Å²) in [6, 6.07) is 10.7. The molecule has 0 bridgehead atoms. The van der Waals surface area contributed by atoms with E-state index in [1.54, 1.807) is 12.1 Å². The van der Waals surface area contributed by atoms with Crippen molar-refractivity contribution in [1.29, 1.82) is 0 Å². The summed E-state index contributed by atoms with van der Waals surface area (Å²) in [6.45, 7) is 1.48. The molecule has 0 aliphatic rings. The van der Waals surface area contributed by atoms with Gasteiger partial charge in [-0.2, -0.15) is 13.2 Å². The second-order valence-electron chi connectivity index (χ2n) is 5.16. The summed E-state index contributed by atoms with van der Waals surface area (Å²) in [5.74, 6) is -0.509. The van der Waals surface area contributed by atoms with E-state index in [1.807, 2.05) is 24.3 Å². The van der Waals surface area contributed by atoms with Crippen LogP contribution in [0.1, 0.15) is 30.1 Å². The molecule has 6 heteroatoms. The molecule has 0 atom stereocenters. The van der Waals surface area contributed by atoms with Crippen molar-refractivity contribution in [2.75, 3.05) is 5.75 Å². The first-order chi connectivity index (χ1) is 10.8. The van der Waals surface area contributed by atoms with Crippen molar-refractivity contribution in [3.8, 4) is 0 Å². The molecule has 0 spiro atoms. The monoisotopic (exact) mass is 340 g/mol. The first-order valence-electron chi connectivity index (χ1n) is 7.02. The van der Waals surface area contributed by atoms with E-state index in [0.29, 0.717) is 5.56 Å². The molecule has 0 amide bonds. The van der Waals surface area contributed by atoms with Crippen LogP contribution in [0.25, 0.3) is 10.8 Å². The molecule has 0 aliphatic carbocycles. The van der Waals surface area contributed by atoms with E-state index in [2.05, 4.69) is 0 Å². The van der Waals surface area contributed by atoms with Gasteiger partial charge < -0.3 is 0 Å². The highest BCUT2D eigenvalue weighted by molar-refractivity contribution is 8.00. The molecule has 0 saturated carbocycles. The van der Waals surface area contributed by atoms with E-state index in [1.165, 1.54) is 18.7 Å². The summed E-state index contributed by atoms with van der Waals surface area (Å²) in [7, 11) is 0. The van der Waals surface area contributed by atoms with Crippen LogP contribution in [0.3, 0.4) is 0 Å². The smallest absolute Gasteiger partial charge is 0.299 e. The second kappa shape index (κ2) is 7.17. The van der Waals surface area contributed by atoms with Gasteiger partial charge >= 0.3 is 6.18 Å². The molecule has 0 aromatic heterocycles. The van der Waals surface area contributed by atoms with Crippen LogP contribution in [-0.4, -0.2) is 23.5 Å². The van der Waals surface area contributed by atoms with Crippen molar-refractivity contribution in [2.45, 2.75) is 30.8 Å². The minimum Gasteiger partial charge on any atom is -0.299 e. The van der Waals surface area contributed by atoms with Crippen molar-refractivity contribution in [1.82, 2.24) is 0 Å². The molecule has 0 radical (unpaired) electrons. The Kier molecular flexibility index (Phi) is 5.46. The van der Waals surface area contributed by atoms with Crippen LogP contribution in [0.4, 0.5) is 13.2 Å². The molecule has 0 fully saturated rings. The Bertz CT molecular complexity index is 738. The van der Waals surface area contributed by atoms with Crippen LogP contribution in [0, 0.1) is 0 Å². The first kappa shape index (κ1) is 17.5. The third-order valence-corrected chi connectivity index (χ3v) is 4.47. The Morgan fingerprint density at radius 1 is 1.04 bits per heavy atom. The highest BCUT2D eigenvalue weighted by Gasteiger charge is 2.27. The third kappa shape index (κ3) is 4.82. The van der Waals surface area contributed by atoms with E-state index in [4.69, 9.17) is 0 Å². The van der Waals surface area contributed by atoms with Crippen LogP contribution in [0.15, 0.2) is 41.3 Å². The van der Waals surface area contributed by atoms with Crippen molar-refractivity contribution in [3.05, 3.63) is 42.0 Å². The SMILES string of the molecule is CC(=O)c1ccc(SCC(=O)CCC(F)(F)F)c2ccccc12. The number of Topliss-reactive ketones (excluding diaryl/α,β-unsaturated/α-hetero) is 2. The quantitative estimate of drug-likeness (QED) is 0.545. The van der Waals surface area contributed by atoms with Gasteiger partial charge in [-0.25, -0.2) is 0 Å². The van der Waals surface area contributed by atoms with Crippen LogP contribution in [0.5, 0.6) is 0 Å². The molecule has 23 heavy (non-hydrogen) atoms. The van der Waals surface area contributed by atoms with Crippen LogP contribution >= 0.6 is 11.8 Å². The Labute approximate surface area is 136 Å². The van der Waals surface area contributed by atoms with Gasteiger partial charge in [0.25, 0.3) is 0 Å². The number of alkyl halides is 3. The summed E-state index contributed by atoms with van der Waals surface area (Å²) in [6.07, 6.45) is -5.90. The number of hydrogen-bond acceptors (Lipinski definition) is 3. The van der Waals surface area contributed by atoms with Crippen LogP contribution in [0.2, 0.25) is 0 Å². The molecule has 0 aliphatic heterocycles. The summed E-state index contributed by atoms with van der Waals surface area (Å²) >= 11 is 1.20. The lowest BCUT2D eigenvalue weighted by molar-refractivity contribution is -0.142. The van der Waals surface area contributed by atoms with Crippen LogP contribution < -0.4 is 0 Å². The Morgan fingerprint density at radius 2 is 1.70 bits per heavy atom. The number of fused-ring (bicyclic) bond motifs is 1. The van der Waals surface area contributed by atoms with Gasteiger partial charge in [-0.1, -0.05) is 24.3 Å². The fraction of sp³-hybridized carbons (Fsp3) is 0.294. The number of hydrogen-bond donors (Lipinski definition) is 0. The first-order valence-corrected chi connectivity index (χ1v) is 8.00. The average Bonchev–Trinajstić information content (AvgIpc) is 2.49. The molecular weight excluding hydrogens is 325 g/mol. The number of thioether (sulfide) groups is 1. The molecule has 122 valence electrons. The molecule has 2 aromatic rings. The van der Waals surface area contributed by atoms with Gasteiger partial charge in [0.15, 0.2) is 5.78 Å².